The maximum atomic E-state index is 5.95. The van der Waals surface area contributed by atoms with Crippen LogP contribution >= 0.6 is 0 Å². The van der Waals surface area contributed by atoms with Gasteiger partial charge in [0.15, 0.2) is 0 Å². The van der Waals surface area contributed by atoms with Crippen molar-refractivity contribution in [2.45, 2.75) is 39.8 Å². The predicted octanol–water partition coefficient (Wildman–Crippen LogP) is 4.42. The fourth-order valence-electron chi connectivity index (χ4n) is 2.26. The molecule has 0 fully saturated rings. The van der Waals surface area contributed by atoms with Crippen LogP contribution in [0.1, 0.15) is 38.0 Å². The van der Waals surface area contributed by atoms with Gasteiger partial charge in [-0.15, -0.1) is 6.58 Å². The van der Waals surface area contributed by atoms with Gasteiger partial charge in [-0.05, 0) is 32.4 Å². The largest absolute Gasteiger partial charge is 0.458 e. The summed E-state index contributed by atoms with van der Waals surface area (Å²) in [5, 5.41) is 4.63. The van der Waals surface area contributed by atoms with E-state index in [0.717, 1.165) is 42.8 Å². The van der Waals surface area contributed by atoms with Gasteiger partial charge in [-0.25, -0.2) is 0 Å². The van der Waals surface area contributed by atoms with E-state index >= 15 is 0 Å². The van der Waals surface area contributed by atoms with Crippen LogP contribution in [0.25, 0.3) is 11.0 Å². The summed E-state index contributed by atoms with van der Waals surface area (Å²) in [7, 11) is 0. The predicted molar refractivity (Wildman–Crippen MR) is 87.3 cm³/mol. The third kappa shape index (κ3) is 4.45. The first kappa shape index (κ1) is 15.8. The van der Waals surface area contributed by atoms with Gasteiger partial charge in [-0.1, -0.05) is 30.7 Å². The SMILES string of the molecule is C=C(C)CCOCc1oc2ccccc2c1CNCCC. The highest BCUT2D eigenvalue weighted by Crippen LogP contribution is 2.26. The average molecular weight is 287 g/mol. The van der Waals surface area contributed by atoms with Gasteiger partial charge in [-0.3, -0.25) is 0 Å². The monoisotopic (exact) mass is 287 g/mol. The molecule has 0 amide bonds. The molecular weight excluding hydrogens is 262 g/mol. The van der Waals surface area contributed by atoms with Crippen LogP contribution < -0.4 is 5.32 Å². The van der Waals surface area contributed by atoms with Gasteiger partial charge in [0.25, 0.3) is 0 Å². The minimum atomic E-state index is 0.519. The molecule has 0 atom stereocenters. The zero-order valence-electron chi connectivity index (χ0n) is 13.1. The molecule has 1 aromatic carbocycles. The number of hydrogen-bond donors (Lipinski definition) is 1. The van der Waals surface area contributed by atoms with E-state index in [1.165, 1.54) is 10.9 Å². The number of ether oxygens (including phenoxy) is 1. The molecule has 0 aliphatic heterocycles. The average Bonchev–Trinajstić information content (AvgIpc) is 2.82. The Morgan fingerprint density at radius 1 is 1.33 bits per heavy atom. The van der Waals surface area contributed by atoms with Crippen molar-refractivity contribution in [3.8, 4) is 0 Å². The molecule has 0 saturated heterocycles. The van der Waals surface area contributed by atoms with E-state index in [4.69, 9.17) is 9.15 Å². The van der Waals surface area contributed by atoms with E-state index in [0.29, 0.717) is 13.2 Å². The number of rotatable bonds is 9. The summed E-state index contributed by atoms with van der Waals surface area (Å²) in [5.41, 5.74) is 3.29. The minimum Gasteiger partial charge on any atom is -0.458 e. The molecule has 114 valence electrons. The summed E-state index contributed by atoms with van der Waals surface area (Å²) in [6.45, 7) is 11.1. The van der Waals surface area contributed by atoms with Crippen molar-refractivity contribution in [2.24, 2.45) is 0 Å². The molecule has 1 heterocycles. The molecule has 1 N–H and O–H groups in total. The maximum absolute atomic E-state index is 5.95. The first-order chi connectivity index (χ1) is 10.2. The fraction of sp³-hybridized carbons (Fsp3) is 0.444. The second-order valence-electron chi connectivity index (χ2n) is 5.44. The summed E-state index contributed by atoms with van der Waals surface area (Å²) >= 11 is 0. The van der Waals surface area contributed by atoms with Crippen LogP contribution in [-0.2, 0) is 17.9 Å². The Kier molecular flexibility index (Phi) is 6.03. The Balaban J connectivity index is 2.08. The lowest BCUT2D eigenvalue weighted by Crippen LogP contribution is -2.14. The summed E-state index contributed by atoms with van der Waals surface area (Å²) < 4.78 is 11.7. The van der Waals surface area contributed by atoms with Gasteiger partial charge >= 0.3 is 0 Å². The van der Waals surface area contributed by atoms with E-state index in [1.807, 2.05) is 25.1 Å². The molecule has 2 aromatic rings. The van der Waals surface area contributed by atoms with Gasteiger partial charge in [-0.2, -0.15) is 0 Å². The van der Waals surface area contributed by atoms with Crippen molar-refractivity contribution < 1.29 is 9.15 Å². The molecule has 2 rings (SSSR count). The first-order valence-electron chi connectivity index (χ1n) is 7.64. The quantitative estimate of drug-likeness (QED) is 0.548. The Hall–Kier alpha value is -1.58. The lowest BCUT2D eigenvalue weighted by molar-refractivity contribution is 0.109. The minimum absolute atomic E-state index is 0.519. The van der Waals surface area contributed by atoms with Gasteiger partial charge in [0.2, 0.25) is 0 Å². The van der Waals surface area contributed by atoms with Gasteiger partial charge < -0.3 is 14.5 Å². The van der Waals surface area contributed by atoms with Crippen molar-refractivity contribution in [3.05, 3.63) is 47.7 Å². The standard InChI is InChI=1S/C18H25NO2/c1-4-10-19-12-16-15-7-5-6-8-17(15)21-18(16)13-20-11-9-14(2)3/h5-8,19H,2,4,9-13H2,1,3H3. The zero-order valence-corrected chi connectivity index (χ0v) is 13.1. The van der Waals surface area contributed by atoms with Gasteiger partial charge in [0.05, 0.1) is 6.61 Å². The van der Waals surface area contributed by atoms with Crippen LogP contribution in [0.3, 0.4) is 0 Å². The summed E-state index contributed by atoms with van der Waals surface area (Å²) in [6, 6.07) is 8.17. The first-order valence-corrected chi connectivity index (χ1v) is 7.64. The second-order valence-corrected chi connectivity index (χ2v) is 5.44. The third-order valence-corrected chi connectivity index (χ3v) is 3.42. The normalized spacial score (nSPS) is 11.1. The van der Waals surface area contributed by atoms with Crippen LogP contribution in [-0.4, -0.2) is 13.2 Å². The van der Waals surface area contributed by atoms with Crippen molar-refractivity contribution >= 4 is 11.0 Å². The summed E-state index contributed by atoms with van der Waals surface area (Å²) in [5.74, 6) is 0.932. The molecule has 0 aliphatic rings. The Morgan fingerprint density at radius 2 is 2.14 bits per heavy atom. The molecule has 0 bridgehead atoms. The van der Waals surface area contributed by atoms with Crippen molar-refractivity contribution in [2.75, 3.05) is 13.2 Å². The highest BCUT2D eigenvalue weighted by molar-refractivity contribution is 5.82. The summed E-state index contributed by atoms with van der Waals surface area (Å²) in [4.78, 5) is 0. The number of furan rings is 1. The molecule has 0 spiro atoms. The zero-order chi connectivity index (χ0) is 15.1. The highest BCUT2D eigenvalue weighted by Gasteiger charge is 2.13. The van der Waals surface area contributed by atoms with Crippen LogP contribution in [0.5, 0.6) is 0 Å². The van der Waals surface area contributed by atoms with Crippen molar-refractivity contribution in [1.29, 1.82) is 0 Å². The van der Waals surface area contributed by atoms with Crippen LogP contribution in [0.2, 0.25) is 0 Å². The lowest BCUT2D eigenvalue weighted by Gasteiger charge is -2.06. The van der Waals surface area contributed by atoms with E-state index in [2.05, 4.69) is 24.9 Å². The van der Waals surface area contributed by atoms with Crippen LogP contribution in [0.4, 0.5) is 0 Å². The number of fused-ring (bicyclic) bond motifs is 1. The number of benzene rings is 1. The molecule has 3 heteroatoms. The number of hydrogen-bond acceptors (Lipinski definition) is 3. The molecule has 0 aliphatic carbocycles. The molecule has 3 nitrogen and oxygen atoms in total. The highest BCUT2D eigenvalue weighted by atomic mass is 16.5. The summed E-state index contributed by atoms with van der Waals surface area (Å²) in [6.07, 6.45) is 2.02. The molecule has 0 unspecified atom stereocenters. The molecular formula is C18H25NO2. The second kappa shape index (κ2) is 8.01. The van der Waals surface area contributed by atoms with Crippen molar-refractivity contribution in [3.63, 3.8) is 0 Å². The number of nitrogens with one attached hydrogen (secondary N) is 1. The third-order valence-electron chi connectivity index (χ3n) is 3.42. The van der Waals surface area contributed by atoms with Crippen LogP contribution in [0, 0.1) is 0 Å². The maximum Gasteiger partial charge on any atom is 0.135 e. The molecule has 0 radical (unpaired) electrons. The van der Waals surface area contributed by atoms with Crippen molar-refractivity contribution in [1.82, 2.24) is 5.32 Å². The Labute approximate surface area is 127 Å². The topological polar surface area (TPSA) is 34.4 Å². The number of para-hydroxylation sites is 1. The van der Waals surface area contributed by atoms with E-state index < -0.39 is 0 Å². The smallest absolute Gasteiger partial charge is 0.135 e. The Morgan fingerprint density at radius 3 is 2.90 bits per heavy atom. The Bertz CT molecular complexity index is 586. The molecule has 21 heavy (non-hydrogen) atoms. The lowest BCUT2D eigenvalue weighted by atomic mass is 10.1. The van der Waals surface area contributed by atoms with E-state index in [-0.39, 0.29) is 0 Å². The van der Waals surface area contributed by atoms with E-state index in [9.17, 15) is 0 Å². The molecule has 1 aromatic heterocycles. The van der Waals surface area contributed by atoms with Gasteiger partial charge in [0, 0.05) is 17.5 Å². The van der Waals surface area contributed by atoms with Gasteiger partial charge in [0.1, 0.15) is 18.0 Å². The molecule has 0 saturated carbocycles. The van der Waals surface area contributed by atoms with E-state index in [1.54, 1.807) is 0 Å². The van der Waals surface area contributed by atoms with Crippen LogP contribution in [0.15, 0.2) is 40.8 Å². The fourth-order valence-corrected chi connectivity index (χ4v) is 2.26.